The van der Waals surface area contributed by atoms with Gasteiger partial charge in [0, 0.05) is 48.5 Å². The molecule has 0 spiro atoms. The summed E-state index contributed by atoms with van der Waals surface area (Å²) in [6.45, 7) is 23.1. The van der Waals surface area contributed by atoms with E-state index in [0.29, 0.717) is 0 Å². The highest BCUT2D eigenvalue weighted by molar-refractivity contribution is 14.1. The lowest BCUT2D eigenvalue weighted by atomic mass is 9.86. The van der Waals surface area contributed by atoms with Gasteiger partial charge in [0.05, 0.1) is 26.4 Å². The molecule has 0 bridgehead atoms. The SMILES string of the molecule is CC(C)(C)c1cc(I)cc(CN2CCOCC2)c1.CC(C)(C)c1cc(N)cc(CN2CCOCC2)c1. The Bertz CT molecular complexity index is 890. The fraction of sp³-hybridized carbons (Fsp3) is 0.600. The Morgan fingerprint density at radius 1 is 0.667 bits per heavy atom. The van der Waals surface area contributed by atoms with E-state index < -0.39 is 0 Å². The first-order valence-corrected chi connectivity index (χ1v) is 14.3. The van der Waals surface area contributed by atoms with Crippen molar-refractivity contribution in [3.05, 3.63) is 62.2 Å². The maximum atomic E-state index is 6.02. The summed E-state index contributed by atoms with van der Waals surface area (Å²) in [7, 11) is 0. The van der Waals surface area contributed by atoms with Gasteiger partial charge in [-0.25, -0.2) is 0 Å². The maximum Gasteiger partial charge on any atom is 0.0594 e. The molecule has 2 N–H and O–H groups in total. The van der Waals surface area contributed by atoms with E-state index in [9.17, 15) is 0 Å². The van der Waals surface area contributed by atoms with E-state index in [2.05, 4.69) is 110 Å². The number of halogens is 1. The van der Waals surface area contributed by atoms with Crippen LogP contribution in [0.15, 0.2) is 36.4 Å². The molecule has 0 radical (unpaired) electrons. The minimum Gasteiger partial charge on any atom is -0.399 e. The van der Waals surface area contributed by atoms with Gasteiger partial charge in [0.15, 0.2) is 0 Å². The van der Waals surface area contributed by atoms with Gasteiger partial charge in [-0.15, -0.1) is 0 Å². The number of nitrogens with two attached hydrogens (primary N) is 1. The minimum absolute atomic E-state index is 0.148. The molecule has 0 amide bonds. The smallest absolute Gasteiger partial charge is 0.0594 e. The predicted octanol–water partition coefficient (Wildman–Crippen LogP) is 5.82. The van der Waals surface area contributed by atoms with Crippen molar-refractivity contribution < 1.29 is 9.47 Å². The summed E-state index contributed by atoms with van der Waals surface area (Å²) in [5.74, 6) is 0. The highest BCUT2D eigenvalue weighted by Crippen LogP contribution is 2.27. The van der Waals surface area contributed by atoms with Gasteiger partial charge in [-0.05, 0) is 79.9 Å². The van der Waals surface area contributed by atoms with Crippen molar-refractivity contribution in [2.45, 2.75) is 65.5 Å². The van der Waals surface area contributed by atoms with Crippen LogP contribution in [0.3, 0.4) is 0 Å². The molecule has 0 saturated carbocycles. The molecule has 5 nitrogen and oxygen atoms in total. The molecule has 2 aromatic rings. The minimum atomic E-state index is 0.148. The average Bonchev–Trinajstić information content (AvgIpc) is 2.79. The van der Waals surface area contributed by atoms with Gasteiger partial charge in [0.1, 0.15) is 0 Å². The van der Waals surface area contributed by atoms with Gasteiger partial charge in [-0.3, -0.25) is 9.80 Å². The van der Waals surface area contributed by atoms with Gasteiger partial charge < -0.3 is 15.2 Å². The van der Waals surface area contributed by atoms with Gasteiger partial charge in [-0.2, -0.15) is 0 Å². The number of rotatable bonds is 4. The number of morpholine rings is 2. The van der Waals surface area contributed by atoms with E-state index in [1.54, 1.807) is 0 Å². The summed E-state index contributed by atoms with van der Waals surface area (Å²) in [5.41, 5.74) is 12.7. The van der Waals surface area contributed by atoms with Gasteiger partial charge in [-0.1, -0.05) is 53.7 Å². The van der Waals surface area contributed by atoms with E-state index in [1.165, 1.54) is 25.8 Å². The number of anilines is 1. The molecule has 0 aromatic heterocycles. The third-order valence-corrected chi connectivity index (χ3v) is 7.35. The summed E-state index contributed by atoms with van der Waals surface area (Å²) in [4.78, 5) is 4.89. The molecule has 4 rings (SSSR count). The number of hydrogen-bond acceptors (Lipinski definition) is 5. The standard InChI is InChI=1S/C15H22INO.C15H24N2O/c2*1-15(2,3)13-8-12(9-14(16)10-13)11-17-4-6-18-7-5-17/h8-10H,4-7,11H2,1-3H3;8-10H,4-7,11,16H2,1-3H3. The van der Waals surface area contributed by atoms with Crippen LogP contribution in [0.1, 0.15) is 63.8 Å². The number of ether oxygens (including phenoxy) is 2. The van der Waals surface area contributed by atoms with Crippen molar-refractivity contribution in [3.63, 3.8) is 0 Å². The highest BCUT2D eigenvalue weighted by atomic mass is 127. The second kappa shape index (κ2) is 13.1. The topological polar surface area (TPSA) is 51.0 Å². The molecular weight excluding hydrogens is 561 g/mol. The molecule has 36 heavy (non-hydrogen) atoms. The van der Waals surface area contributed by atoms with Gasteiger partial charge >= 0.3 is 0 Å². The first kappa shape index (κ1) is 29.4. The quantitative estimate of drug-likeness (QED) is 0.351. The number of nitrogens with zero attached hydrogens (tertiary/aromatic N) is 2. The third kappa shape index (κ3) is 9.60. The maximum absolute atomic E-state index is 6.02. The van der Waals surface area contributed by atoms with E-state index in [-0.39, 0.29) is 10.8 Å². The average molecular weight is 608 g/mol. The molecular formula is C30H46IN3O2. The Morgan fingerprint density at radius 3 is 1.53 bits per heavy atom. The Morgan fingerprint density at radius 2 is 1.08 bits per heavy atom. The number of nitrogen functional groups attached to an aromatic ring is 1. The van der Waals surface area contributed by atoms with E-state index in [4.69, 9.17) is 15.2 Å². The Hall–Kier alpha value is -1.19. The van der Waals surface area contributed by atoms with Crippen LogP contribution in [0, 0.1) is 3.57 Å². The lowest BCUT2D eigenvalue weighted by Gasteiger charge is -2.27. The molecule has 0 atom stereocenters. The molecule has 2 fully saturated rings. The van der Waals surface area contributed by atoms with Gasteiger partial charge in [0.2, 0.25) is 0 Å². The van der Waals surface area contributed by atoms with Crippen molar-refractivity contribution in [2.24, 2.45) is 0 Å². The van der Waals surface area contributed by atoms with Crippen LogP contribution >= 0.6 is 22.6 Å². The molecule has 2 saturated heterocycles. The van der Waals surface area contributed by atoms with Crippen molar-refractivity contribution in [2.75, 3.05) is 58.3 Å². The Kier molecular flexibility index (Phi) is 10.6. The molecule has 200 valence electrons. The zero-order chi connectivity index (χ0) is 26.3. The van der Waals surface area contributed by atoms with E-state index in [0.717, 1.165) is 71.4 Å². The highest BCUT2D eigenvalue weighted by Gasteiger charge is 2.18. The third-order valence-electron chi connectivity index (χ3n) is 6.72. The molecule has 2 aromatic carbocycles. The molecule has 0 aliphatic carbocycles. The second-order valence-corrected chi connectivity index (χ2v) is 13.3. The largest absolute Gasteiger partial charge is 0.399 e. The zero-order valence-corrected chi connectivity index (χ0v) is 25.4. The van der Waals surface area contributed by atoms with Crippen molar-refractivity contribution >= 4 is 28.3 Å². The van der Waals surface area contributed by atoms with Crippen LogP contribution in [-0.2, 0) is 33.4 Å². The normalized spacial score (nSPS) is 18.0. The fourth-order valence-electron chi connectivity index (χ4n) is 4.45. The second-order valence-electron chi connectivity index (χ2n) is 12.1. The summed E-state index contributed by atoms with van der Waals surface area (Å²) in [5, 5.41) is 0. The summed E-state index contributed by atoms with van der Waals surface area (Å²) in [6, 6.07) is 13.4. The van der Waals surface area contributed by atoms with E-state index in [1.807, 2.05) is 0 Å². The lowest BCUT2D eigenvalue weighted by Crippen LogP contribution is -2.35. The van der Waals surface area contributed by atoms with Crippen molar-refractivity contribution in [3.8, 4) is 0 Å². The monoisotopic (exact) mass is 607 g/mol. The van der Waals surface area contributed by atoms with Crippen LogP contribution < -0.4 is 5.73 Å². The number of hydrogen-bond donors (Lipinski definition) is 1. The summed E-state index contributed by atoms with van der Waals surface area (Å²) in [6.07, 6.45) is 0. The Balaban J connectivity index is 0.000000201. The van der Waals surface area contributed by atoms with Crippen molar-refractivity contribution in [1.82, 2.24) is 9.80 Å². The van der Waals surface area contributed by atoms with Crippen LogP contribution in [0.2, 0.25) is 0 Å². The first-order valence-electron chi connectivity index (χ1n) is 13.2. The van der Waals surface area contributed by atoms with Crippen molar-refractivity contribution in [1.29, 1.82) is 0 Å². The van der Waals surface area contributed by atoms with E-state index >= 15 is 0 Å². The Labute approximate surface area is 232 Å². The number of benzene rings is 2. The lowest BCUT2D eigenvalue weighted by molar-refractivity contribution is 0.0341. The van der Waals surface area contributed by atoms with Crippen LogP contribution in [0.25, 0.3) is 0 Å². The van der Waals surface area contributed by atoms with Crippen LogP contribution in [0.4, 0.5) is 5.69 Å². The fourth-order valence-corrected chi connectivity index (χ4v) is 5.19. The van der Waals surface area contributed by atoms with Crippen LogP contribution in [-0.4, -0.2) is 62.4 Å². The zero-order valence-electron chi connectivity index (χ0n) is 23.2. The van der Waals surface area contributed by atoms with Gasteiger partial charge in [0.25, 0.3) is 0 Å². The summed E-state index contributed by atoms with van der Waals surface area (Å²) >= 11 is 2.42. The molecule has 2 heterocycles. The predicted molar refractivity (Wildman–Crippen MR) is 160 cm³/mol. The molecule has 2 aliphatic rings. The molecule has 0 unspecified atom stereocenters. The first-order chi connectivity index (χ1) is 16.9. The molecule has 6 heteroatoms. The molecule has 2 aliphatic heterocycles. The summed E-state index contributed by atoms with van der Waals surface area (Å²) < 4.78 is 12.1. The van der Waals surface area contributed by atoms with Crippen LogP contribution in [0.5, 0.6) is 0 Å².